The Labute approximate surface area is 110 Å². The third kappa shape index (κ3) is 2.96. The van der Waals surface area contributed by atoms with E-state index >= 15 is 0 Å². The number of benzene rings is 2. The van der Waals surface area contributed by atoms with Crippen LogP contribution < -0.4 is 5.32 Å². The highest BCUT2D eigenvalue weighted by molar-refractivity contribution is 5.33. The van der Waals surface area contributed by atoms with E-state index in [1.54, 1.807) is 0 Å². The molecule has 0 aromatic heterocycles. The Bertz CT molecular complexity index is 555. The monoisotopic (exact) mass is 265 g/mol. The summed E-state index contributed by atoms with van der Waals surface area (Å²) in [7, 11) is 0. The summed E-state index contributed by atoms with van der Waals surface area (Å²) in [5, 5.41) is 3.07. The molecule has 0 aliphatic rings. The summed E-state index contributed by atoms with van der Waals surface area (Å²) < 4.78 is 40.1. The lowest BCUT2D eigenvalue weighted by molar-refractivity contribution is 0.481. The van der Waals surface area contributed by atoms with Gasteiger partial charge in [-0.25, -0.2) is 13.2 Å². The van der Waals surface area contributed by atoms with Gasteiger partial charge in [-0.15, -0.1) is 0 Å². The van der Waals surface area contributed by atoms with Crippen molar-refractivity contribution in [1.29, 1.82) is 0 Å². The van der Waals surface area contributed by atoms with Crippen LogP contribution in [0.1, 0.15) is 24.1 Å². The van der Waals surface area contributed by atoms with Crippen molar-refractivity contribution in [2.24, 2.45) is 0 Å². The molecule has 0 heterocycles. The minimum atomic E-state index is -1.18. The van der Waals surface area contributed by atoms with E-state index in [-0.39, 0.29) is 5.56 Å². The van der Waals surface area contributed by atoms with Crippen molar-refractivity contribution in [3.63, 3.8) is 0 Å². The molecule has 0 saturated carbocycles. The van der Waals surface area contributed by atoms with E-state index in [0.717, 1.165) is 11.6 Å². The van der Waals surface area contributed by atoms with Gasteiger partial charge in [0, 0.05) is 11.6 Å². The highest BCUT2D eigenvalue weighted by atomic mass is 19.2. The van der Waals surface area contributed by atoms with Crippen molar-refractivity contribution in [2.75, 3.05) is 6.54 Å². The van der Waals surface area contributed by atoms with E-state index in [0.29, 0.717) is 12.6 Å². The molecule has 1 atom stereocenters. The Morgan fingerprint density at radius 1 is 0.947 bits per heavy atom. The summed E-state index contributed by atoms with van der Waals surface area (Å²) in [5.74, 6) is -2.98. The summed E-state index contributed by atoms with van der Waals surface area (Å²) in [6, 6.07) is 10.1. The van der Waals surface area contributed by atoms with Crippen LogP contribution in [0.3, 0.4) is 0 Å². The van der Waals surface area contributed by atoms with Crippen molar-refractivity contribution < 1.29 is 13.2 Å². The van der Waals surface area contributed by atoms with Gasteiger partial charge in [0.15, 0.2) is 11.6 Å². The first-order valence-electron chi connectivity index (χ1n) is 6.06. The maximum Gasteiger partial charge on any atom is 0.161 e. The third-order valence-electron chi connectivity index (χ3n) is 2.89. The lowest BCUT2D eigenvalue weighted by Crippen LogP contribution is -2.23. The largest absolute Gasteiger partial charge is 0.306 e. The first-order valence-corrected chi connectivity index (χ1v) is 6.06. The van der Waals surface area contributed by atoms with Crippen LogP contribution in [0.15, 0.2) is 42.5 Å². The molecule has 2 aromatic rings. The molecule has 2 aromatic carbocycles. The number of hydrogen-bond acceptors (Lipinski definition) is 1. The van der Waals surface area contributed by atoms with Crippen LogP contribution in [0, 0.1) is 17.5 Å². The Balaban J connectivity index is 2.48. The van der Waals surface area contributed by atoms with E-state index in [4.69, 9.17) is 0 Å². The van der Waals surface area contributed by atoms with Gasteiger partial charge >= 0.3 is 0 Å². The van der Waals surface area contributed by atoms with Gasteiger partial charge in [-0.05, 0) is 18.2 Å². The molecule has 0 spiro atoms. The maximum absolute atomic E-state index is 13.8. The van der Waals surface area contributed by atoms with E-state index in [9.17, 15) is 13.2 Å². The molecule has 2 rings (SSSR count). The zero-order chi connectivity index (χ0) is 13.8. The smallest absolute Gasteiger partial charge is 0.161 e. The fraction of sp³-hybridized carbons (Fsp3) is 0.200. The van der Waals surface area contributed by atoms with Gasteiger partial charge in [-0.2, -0.15) is 0 Å². The summed E-state index contributed by atoms with van der Waals surface area (Å²) in [6.45, 7) is 2.45. The zero-order valence-electron chi connectivity index (χ0n) is 10.5. The van der Waals surface area contributed by atoms with Crippen LogP contribution in [0.5, 0.6) is 0 Å². The standard InChI is InChI=1S/C15H14F3N/c1-2-19-15(10-6-4-3-5-7-10)11-8-13(17)14(18)9-12(11)16/h3-9,15,19H,2H2,1H3. The van der Waals surface area contributed by atoms with E-state index in [2.05, 4.69) is 5.32 Å². The van der Waals surface area contributed by atoms with Gasteiger partial charge in [0.05, 0.1) is 6.04 Å². The second kappa shape index (κ2) is 5.89. The molecule has 0 amide bonds. The normalized spacial score (nSPS) is 12.4. The predicted octanol–water partition coefficient (Wildman–Crippen LogP) is 3.80. The van der Waals surface area contributed by atoms with Crippen LogP contribution in [0.25, 0.3) is 0 Å². The molecule has 1 unspecified atom stereocenters. The first kappa shape index (κ1) is 13.6. The lowest BCUT2D eigenvalue weighted by Gasteiger charge is -2.19. The summed E-state index contributed by atoms with van der Waals surface area (Å²) in [6.07, 6.45) is 0. The van der Waals surface area contributed by atoms with Gasteiger partial charge in [-0.3, -0.25) is 0 Å². The Morgan fingerprint density at radius 3 is 2.21 bits per heavy atom. The van der Waals surface area contributed by atoms with Gasteiger partial charge in [0.1, 0.15) is 5.82 Å². The number of halogens is 3. The van der Waals surface area contributed by atoms with E-state index < -0.39 is 23.5 Å². The molecule has 0 fully saturated rings. The van der Waals surface area contributed by atoms with Gasteiger partial charge in [-0.1, -0.05) is 37.3 Å². The van der Waals surface area contributed by atoms with E-state index in [1.165, 1.54) is 0 Å². The average molecular weight is 265 g/mol. The molecule has 19 heavy (non-hydrogen) atoms. The summed E-state index contributed by atoms with van der Waals surface area (Å²) in [5.41, 5.74) is 0.904. The molecule has 0 aliphatic carbocycles. The highest BCUT2D eigenvalue weighted by Crippen LogP contribution is 2.26. The van der Waals surface area contributed by atoms with Crippen molar-refractivity contribution >= 4 is 0 Å². The number of hydrogen-bond donors (Lipinski definition) is 1. The molecule has 4 heteroatoms. The van der Waals surface area contributed by atoms with Gasteiger partial charge in [0.25, 0.3) is 0 Å². The zero-order valence-corrected chi connectivity index (χ0v) is 10.5. The highest BCUT2D eigenvalue weighted by Gasteiger charge is 2.19. The number of nitrogens with one attached hydrogen (secondary N) is 1. The number of rotatable bonds is 4. The summed E-state index contributed by atoms with van der Waals surface area (Å²) >= 11 is 0. The van der Waals surface area contributed by atoms with Crippen LogP contribution >= 0.6 is 0 Å². The minimum absolute atomic E-state index is 0.104. The average Bonchev–Trinajstić information content (AvgIpc) is 2.42. The van der Waals surface area contributed by atoms with Gasteiger partial charge in [0.2, 0.25) is 0 Å². The Morgan fingerprint density at radius 2 is 1.58 bits per heavy atom. The van der Waals surface area contributed by atoms with Crippen molar-refractivity contribution in [3.8, 4) is 0 Å². The second-order valence-corrected chi connectivity index (χ2v) is 4.19. The maximum atomic E-state index is 13.8. The molecule has 0 radical (unpaired) electrons. The fourth-order valence-corrected chi connectivity index (χ4v) is 2.02. The molecular formula is C15H14F3N. The quantitative estimate of drug-likeness (QED) is 0.829. The molecule has 0 bridgehead atoms. The van der Waals surface area contributed by atoms with Crippen molar-refractivity contribution in [1.82, 2.24) is 5.32 Å². The third-order valence-corrected chi connectivity index (χ3v) is 2.89. The lowest BCUT2D eigenvalue weighted by atomic mass is 9.98. The van der Waals surface area contributed by atoms with E-state index in [1.807, 2.05) is 37.3 Å². The molecule has 100 valence electrons. The van der Waals surface area contributed by atoms with Crippen molar-refractivity contribution in [3.05, 3.63) is 71.0 Å². The minimum Gasteiger partial charge on any atom is -0.306 e. The molecule has 0 aliphatic heterocycles. The Kier molecular flexibility index (Phi) is 4.22. The molecule has 0 saturated heterocycles. The van der Waals surface area contributed by atoms with Crippen LogP contribution in [0.4, 0.5) is 13.2 Å². The van der Waals surface area contributed by atoms with Gasteiger partial charge < -0.3 is 5.32 Å². The molecule has 1 N–H and O–H groups in total. The molecule has 1 nitrogen and oxygen atoms in total. The SMILES string of the molecule is CCNC(c1ccccc1)c1cc(F)c(F)cc1F. The predicted molar refractivity (Wildman–Crippen MR) is 68.3 cm³/mol. The van der Waals surface area contributed by atoms with Crippen LogP contribution in [-0.4, -0.2) is 6.54 Å². The first-order chi connectivity index (χ1) is 9.13. The topological polar surface area (TPSA) is 12.0 Å². The summed E-state index contributed by atoms with van der Waals surface area (Å²) in [4.78, 5) is 0. The fourth-order valence-electron chi connectivity index (χ4n) is 2.02. The molecular weight excluding hydrogens is 251 g/mol. The second-order valence-electron chi connectivity index (χ2n) is 4.19. The Hall–Kier alpha value is -1.81. The van der Waals surface area contributed by atoms with Crippen molar-refractivity contribution in [2.45, 2.75) is 13.0 Å². The van der Waals surface area contributed by atoms with Crippen LogP contribution in [-0.2, 0) is 0 Å². The van der Waals surface area contributed by atoms with Crippen LogP contribution in [0.2, 0.25) is 0 Å².